The fourth-order valence-corrected chi connectivity index (χ4v) is 1.09. The van der Waals surface area contributed by atoms with Gasteiger partial charge in [0.15, 0.2) is 0 Å². The normalized spacial score (nSPS) is 18.3. The number of aliphatic hydroxyl groups is 5. The number of aliphatic hydroxyl groups excluding tert-OH is 5. The van der Waals surface area contributed by atoms with Gasteiger partial charge in [-0.05, 0) is 20.8 Å². The zero-order chi connectivity index (χ0) is 15.2. The Balaban J connectivity index is 4.17. The van der Waals surface area contributed by atoms with Crippen molar-refractivity contribution in [1.82, 2.24) is 0 Å². The summed E-state index contributed by atoms with van der Waals surface area (Å²) in [4.78, 5) is 11.2. The van der Waals surface area contributed by atoms with Gasteiger partial charge in [-0.1, -0.05) is 0 Å². The van der Waals surface area contributed by atoms with Crippen LogP contribution in [0.25, 0.3) is 0 Å². The van der Waals surface area contributed by atoms with Gasteiger partial charge < -0.3 is 35.0 Å². The Hall–Kier alpha value is -0.930. The van der Waals surface area contributed by atoms with E-state index >= 15 is 0 Å². The number of rotatable bonds is 6. The van der Waals surface area contributed by atoms with Gasteiger partial charge in [-0.15, -0.1) is 0 Å². The Morgan fingerprint density at radius 1 is 1.05 bits per heavy atom. The van der Waals surface area contributed by atoms with Crippen molar-refractivity contribution in [2.75, 3.05) is 13.2 Å². The first-order valence-electron chi connectivity index (χ1n) is 5.77. The largest absolute Gasteiger partial charge is 0.508 e. The van der Waals surface area contributed by atoms with Crippen LogP contribution in [0.5, 0.6) is 0 Å². The number of carbonyl (C=O) groups excluding carboxylic acids is 1. The highest BCUT2D eigenvalue weighted by molar-refractivity contribution is 5.60. The molecule has 5 N–H and O–H groups in total. The average molecular weight is 282 g/mol. The highest BCUT2D eigenvalue weighted by Gasteiger charge is 2.31. The molecule has 0 spiro atoms. The van der Waals surface area contributed by atoms with Crippen LogP contribution in [0.3, 0.4) is 0 Å². The average Bonchev–Trinajstić information content (AvgIpc) is 2.30. The molecular formula is C11H22O8. The van der Waals surface area contributed by atoms with Gasteiger partial charge in [-0.3, -0.25) is 0 Å². The number of ether oxygens (including phenoxy) is 2. The van der Waals surface area contributed by atoms with Crippen molar-refractivity contribution in [3.8, 4) is 0 Å². The summed E-state index contributed by atoms with van der Waals surface area (Å²) in [6, 6.07) is 0. The topological polar surface area (TPSA) is 137 Å². The predicted octanol–water partition coefficient (Wildman–Crippen LogP) is -1.63. The maximum Gasteiger partial charge on any atom is 0.508 e. The molecule has 0 saturated heterocycles. The van der Waals surface area contributed by atoms with Crippen LogP contribution >= 0.6 is 0 Å². The van der Waals surface area contributed by atoms with Crippen molar-refractivity contribution >= 4 is 6.16 Å². The van der Waals surface area contributed by atoms with E-state index in [1.807, 2.05) is 0 Å². The Morgan fingerprint density at radius 3 is 1.95 bits per heavy atom. The van der Waals surface area contributed by atoms with Gasteiger partial charge in [0.2, 0.25) is 0 Å². The van der Waals surface area contributed by atoms with E-state index in [0.717, 1.165) is 0 Å². The first kappa shape index (κ1) is 18.1. The van der Waals surface area contributed by atoms with Crippen molar-refractivity contribution in [2.45, 2.75) is 50.8 Å². The van der Waals surface area contributed by atoms with Gasteiger partial charge in [0.05, 0.1) is 6.61 Å². The quantitative estimate of drug-likeness (QED) is 0.366. The molecule has 0 aliphatic rings. The minimum absolute atomic E-state index is 0.620. The second-order valence-corrected chi connectivity index (χ2v) is 5.07. The third-order valence-corrected chi connectivity index (χ3v) is 2.09. The summed E-state index contributed by atoms with van der Waals surface area (Å²) in [5.74, 6) is 0. The SMILES string of the molecule is CC(C)(C)OC(=O)OCC(O)C(O)C(O)C(O)CO. The Labute approximate surface area is 111 Å². The van der Waals surface area contributed by atoms with Gasteiger partial charge in [0.1, 0.15) is 36.6 Å². The van der Waals surface area contributed by atoms with Crippen molar-refractivity contribution in [1.29, 1.82) is 0 Å². The summed E-state index contributed by atoms with van der Waals surface area (Å²) in [5, 5.41) is 45.8. The van der Waals surface area contributed by atoms with Gasteiger partial charge in [0, 0.05) is 0 Å². The van der Waals surface area contributed by atoms with E-state index in [1.54, 1.807) is 20.8 Å². The highest BCUT2D eigenvalue weighted by atomic mass is 16.7. The summed E-state index contributed by atoms with van der Waals surface area (Å²) in [6.07, 6.45) is -7.79. The van der Waals surface area contributed by atoms with E-state index in [4.69, 9.17) is 14.9 Å². The first-order valence-corrected chi connectivity index (χ1v) is 5.77. The van der Waals surface area contributed by atoms with Crippen LogP contribution in [0.15, 0.2) is 0 Å². The monoisotopic (exact) mass is 282 g/mol. The first-order chi connectivity index (χ1) is 8.58. The van der Waals surface area contributed by atoms with Crippen LogP contribution in [-0.2, 0) is 9.47 Å². The van der Waals surface area contributed by atoms with E-state index in [2.05, 4.69) is 4.74 Å². The molecule has 0 aromatic carbocycles. The second-order valence-electron chi connectivity index (χ2n) is 5.07. The summed E-state index contributed by atoms with van der Waals surface area (Å²) in [6.45, 7) is 3.48. The van der Waals surface area contributed by atoms with Crippen LogP contribution in [0.2, 0.25) is 0 Å². The van der Waals surface area contributed by atoms with E-state index in [9.17, 15) is 20.1 Å². The molecule has 0 fully saturated rings. The van der Waals surface area contributed by atoms with Gasteiger partial charge in [-0.2, -0.15) is 0 Å². The summed E-state index contributed by atoms with van der Waals surface area (Å²) in [5.41, 5.74) is -0.757. The second kappa shape index (κ2) is 7.61. The summed E-state index contributed by atoms with van der Waals surface area (Å²) >= 11 is 0. The van der Waals surface area contributed by atoms with E-state index < -0.39 is 49.4 Å². The molecule has 0 bridgehead atoms. The molecule has 0 aromatic heterocycles. The van der Waals surface area contributed by atoms with E-state index in [1.165, 1.54) is 0 Å². The third-order valence-electron chi connectivity index (χ3n) is 2.09. The lowest BCUT2D eigenvalue weighted by atomic mass is 10.0. The zero-order valence-electron chi connectivity index (χ0n) is 11.2. The van der Waals surface area contributed by atoms with Crippen molar-refractivity contribution in [3.05, 3.63) is 0 Å². The van der Waals surface area contributed by atoms with Crippen LogP contribution < -0.4 is 0 Å². The lowest BCUT2D eigenvalue weighted by Gasteiger charge is -2.25. The van der Waals surface area contributed by atoms with Crippen molar-refractivity contribution in [3.63, 3.8) is 0 Å². The molecule has 0 saturated carbocycles. The predicted molar refractivity (Wildman–Crippen MR) is 63.3 cm³/mol. The standard InChI is InChI=1S/C11H22O8/c1-11(2,3)19-10(17)18-5-7(14)9(16)8(15)6(13)4-12/h6-9,12-16H,4-5H2,1-3H3. The number of hydrogen-bond donors (Lipinski definition) is 5. The maximum atomic E-state index is 11.2. The van der Waals surface area contributed by atoms with Crippen LogP contribution in [-0.4, -0.2) is 74.9 Å². The van der Waals surface area contributed by atoms with Crippen molar-refractivity contribution in [2.24, 2.45) is 0 Å². The molecule has 0 rings (SSSR count). The molecular weight excluding hydrogens is 260 g/mol. The molecule has 0 heterocycles. The van der Waals surface area contributed by atoms with Gasteiger partial charge in [0.25, 0.3) is 0 Å². The molecule has 0 radical (unpaired) electrons. The van der Waals surface area contributed by atoms with Crippen LogP contribution in [0.1, 0.15) is 20.8 Å². The van der Waals surface area contributed by atoms with Crippen LogP contribution in [0.4, 0.5) is 4.79 Å². The molecule has 19 heavy (non-hydrogen) atoms. The molecule has 0 aliphatic carbocycles. The number of carbonyl (C=O) groups is 1. The fraction of sp³-hybridized carbons (Fsp3) is 0.909. The summed E-state index contributed by atoms with van der Waals surface area (Å²) < 4.78 is 9.33. The Bertz CT molecular complexity index is 274. The van der Waals surface area contributed by atoms with E-state index in [0.29, 0.717) is 0 Å². The van der Waals surface area contributed by atoms with E-state index in [-0.39, 0.29) is 0 Å². The molecule has 8 nitrogen and oxygen atoms in total. The molecule has 8 heteroatoms. The smallest absolute Gasteiger partial charge is 0.431 e. The lowest BCUT2D eigenvalue weighted by molar-refractivity contribution is -0.127. The third kappa shape index (κ3) is 7.28. The molecule has 0 aromatic rings. The number of hydrogen-bond acceptors (Lipinski definition) is 8. The van der Waals surface area contributed by atoms with Crippen molar-refractivity contribution < 1.29 is 39.8 Å². The van der Waals surface area contributed by atoms with Gasteiger partial charge in [-0.25, -0.2) is 4.79 Å². The minimum Gasteiger partial charge on any atom is -0.431 e. The maximum absolute atomic E-state index is 11.2. The molecule has 0 amide bonds. The fourth-order valence-electron chi connectivity index (χ4n) is 1.09. The van der Waals surface area contributed by atoms with Gasteiger partial charge >= 0.3 is 6.16 Å². The molecule has 114 valence electrons. The van der Waals surface area contributed by atoms with Crippen LogP contribution in [0, 0.1) is 0 Å². The summed E-state index contributed by atoms with van der Waals surface area (Å²) in [7, 11) is 0. The molecule has 4 unspecified atom stereocenters. The molecule has 4 atom stereocenters. The Kier molecular flexibility index (Phi) is 7.24. The molecule has 0 aliphatic heterocycles. The highest BCUT2D eigenvalue weighted by Crippen LogP contribution is 2.10. The zero-order valence-corrected chi connectivity index (χ0v) is 11.2. The lowest BCUT2D eigenvalue weighted by Crippen LogP contribution is -2.47. The minimum atomic E-state index is -1.77. The Morgan fingerprint density at radius 2 is 1.53 bits per heavy atom.